The first-order valence-electron chi connectivity index (χ1n) is 8.45. The van der Waals surface area contributed by atoms with E-state index in [4.69, 9.17) is 0 Å². The summed E-state index contributed by atoms with van der Waals surface area (Å²) in [6.07, 6.45) is 0.632. The molecule has 0 radical (unpaired) electrons. The van der Waals surface area contributed by atoms with Crippen LogP contribution in [0.3, 0.4) is 0 Å². The van der Waals surface area contributed by atoms with E-state index in [9.17, 15) is 9.59 Å². The van der Waals surface area contributed by atoms with Gasteiger partial charge >= 0.3 is 0 Å². The molecule has 0 saturated heterocycles. The number of rotatable bonds is 5. The lowest BCUT2D eigenvalue weighted by molar-refractivity contribution is -0.116. The number of anilines is 1. The molecule has 1 amide bonds. The van der Waals surface area contributed by atoms with Crippen LogP contribution in [0.15, 0.2) is 28.4 Å². The Hall–Kier alpha value is -2.67. The Morgan fingerprint density at radius 3 is 2.69 bits per heavy atom. The molecule has 0 aliphatic carbocycles. The van der Waals surface area contributed by atoms with Crippen LogP contribution in [-0.2, 0) is 11.2 Å². The maximum Gasteiger partial charge on any atom is 0.276 e. The number of aryl methyl sites for hydroxylation is 4. The zero-order valence-electron chi connectivity index (χ0n) is 15.3. The van der Waals surface area contributed by atoms with E-state index >= 15 is 0 Å². The van der Waals surface area contributed by atoms with Crippen molar-refractivity contribution < 1.29 is 4.79 Å². The van der Waals surface area contributed by atoms with Gasteiger partial charge in [0.2, 0.25) is 11.0 Å². The molecule has 0 aliphatic heterocycles. The van der Waals surface area contributed by atoms with Crippen molar-refractivity contribution in [1.82, 2.24) is 14.8 Å². The van der Waals surface area contributed by atoms with Crippen LogP contribution < -0.4 is 10.9 Å². The molecule has 0 saturated carbocycles. The molecule has 7 heteroatoms. The van der Waals surface area contributed by atoms with Crippen LogP contribution in [0.5, 0.6) is 0 Å². The van der Waals surface area contributed by atoms with Crippen LogP contribution in [0.25, 0.3) is 5.13 Å². The van der Waals surface area contributed by atoms with E-state index in [1.807, 2.05) is 51.3 Å². The lowest BCUT2D eigenvalue weighted by atomic mass is 10.1. The van der Waals surface area contributed by atoms with Crippen molar-refractivity contribution >= 4 is 22.9 Å². The van der Waals surface area contributed by atoms with Gasteiger partial charge in [0.05, 0.1) is 5.69 Å². The predicted molar refractivity (Wildman–Crippen MR) is 104 cm³/mol. The van der Waals surface area contributed by atoms with Crippen LogP contribution >= 0.6 is 11.3 Å². The zero-order valence-corrected chi connectivity index (χ0v) is 16.2. The zero-order chi connectivity index (χ0) is 18.8. The fourth-order valence-corrected chi connectivity index (χ4v) is 3.62. The van der Waals surface area contributed by atoms with Crippen LogP contribution in [0.2, 0.25) is 0 Å². The van der Waals surface area contributed by atoms with Gasteiger partial charge in [0.1, 0.15) is 0 Å². The number of benzene rings is 1. The van der Waals surface area contributed by atoms with Crippen LogP contribution in [0, 0.1) is 27.7 Å². The molecule has 2 N–H and O–H groups in total. The second-order valence-electron chi connectivity index (χ2n) is 6.49. The minimum absolute atomic E-state index is 0.103. The smallest absolute Gasteiger partial charge is 0.276 e. The summed E-state index contributed by atoms with van der Waals surface area (Å²) in [6, 6.07) is 5.90. The Labute approximate surface area is 155 Å². The summed E-state index contributed by atoms with van der Waals surface area (Å²) < 4.78 is 1.45. The number of hydrogen-bond donors (Lipinski definition) is 2. The average Bonchev–Trinajstić information content (AvgIpc) is 3.12. The highest BCUT2D eigenvalue weighted by Crippen LogP contribution is 2.17. The average molecular weight is 370 g/mol. The summed E-state index contributed by atoms with van der Waals surface area (Å²) in [7, 11) is 0. The molecule has 0 bridgehead atoms. The minimum Gasteiger partial charge on any atom is -0.326 e. The second kappa shape index (κ2) is 7.29. The van der Waals surface area contributed by atoms with Gasteiger partial charge in [-0.25, -0.2) is 4.98 Å². The standard InChI is InChI=1S/C19H22N4O2S/c1-11-5-7-16(12(2)9-11)21-17(24)8-6-15-14(4)22-23(18(15)25)19-20-13(3)10-26-19/h5,7,9-10,22H,6,8H2,1-4H3,(H,21,24). The maximum atomic E-state index is 12.6. The van der Waals surface area contributed by atoms with Crippen molar-refractivity contribution in [3.63, 3.8) is 0 Å². The van der Waals surface area contributed by atoms with Gasteiger partial charge in [-0.1, -0.05) is 17.7 Å². The lowest BCUT2D eigenvalue weighted by Crippen LogP contribution is -2.19. The highest BCUT2D eigenvalue weighted by molar-refractivity contribution is 7.12. The number of hydrogen-bond acceptors (Lipinski definition) is 4. The van der Waals surface area contributed by atoms with Gasteiger partial charge in [-0.2, -0.15) is 4.68 Å². The molecule has 0 spiro atoms. The van der Waals surface area contributed by atoms with Crippen molar-refractivity contribution in [1.29, 1.82) is 0 Å². The first-order chi connectivity index (χ1) is 12.3. The van der Waals surface area contributed by atoms with E-state index in [1.165, 1.54) is 16.0 Å². The molecule has 2 heterocycles. The van der Waals surface area contributed by atoms with Crippen molar-refractivity contribution in [2.75, 3.05) is 5.32 Å². The van der Waals surface area contributed by atoms with Crippen LogP contribution in [0.4, 0.5) is 5.69 Å². The van der Waals surface area contributed by atoms with E-state index in [-0.39, 0.29) is 17.9 Å². The number of H-pyrrole nitrogens is 1. The van der Waals surface area contributed by atoms with Crippen LogP contribution in [-0.4, -0.2) is 20.7 Å². The normalized spacial score (nSPS) is 10.9. The molecule has 2 aromatic heterocycles. The first kappa shape index (κ1) is 18.1. The topological polar surface area (TPSA) is 79.8 Å². The van der Waals surface area contributed by atoms with Crippen molar-refractivity contribution in [2.24, 2.45) is 0 Å². The monoisotopic (exact) mass is 370 g/mol. The summed E-state index contributed by atoms with van der Waals surface area (Å²) >= 11 is 1.41. The van der Waals surface area contributed by atoms with Crippen molar-refractivity contribution in [3.05, 3.63) is 62.0 Å². The first-order valence-corrected chi connectivity index (χ1v) is 9.33. The number of carbonyl (C=O) groups excluding carboxylic acids is 1. The molecule has 0 atom stereocenters. The number of carbonyl (C=O) groups is 1. The second-order valence-corrected chi connectivity index (χ2v) is 7.33. The summed E-state index contributed by atoms with van der Waals surface area (Å²) in [6.45, 7) is 7.71. The SMILES string of the molecule is Cc1ccc(NC(=O)CCc2c(C)[nH]n(-c3nc(C)cs3)c2=O)c(C)c1. The molecule has 0 aliphatic rings. The number of aromatic amines is 1. The third-order valence-corrected chi connectivity index (χ3v) is 5.19. The summed E-state index contributed by atoms with van der Waals surface area (Å²) in [4.78, 5) is 29.2. The third kappa shape index (κ3) is 3.77. The molecule has 0 fully saturated rings. The van der Waals surface area contributed by atoms with Gasteiger partial charge in [-0.15, -0.1) is 11.3 Å². The quantitative estimate of drug-likeness (QED) is 0.722. The van der Waals surface area contributed by atoms with E-state index in [2.05, 4.69) is 15.4 Å². The Balaban J connectivity index is 1.71. The largest absolute Gasteiger partial charge is 0.326 e. The number of nitrogens with one attached hydrogen (secondary N) is 2. The number of nitrogens with zero attached hydrogens (tertiary/aromatic N) is 2. The molecular weight excluding hydrogens is 348 g/mol. The van der Waals surface area contributed by atoms with E-state index < -0.39 is 0 Å². The molecule has 3 aromatic rings. The molecule has 1 aromatic carbocycles. The predicted octanol–water partition coefficient (Wildman–Crippen LogP) is 3.43. The minimum atomic E-state index is -0.142. The Morgan fingerprint density at radius 1 is 1.27 bits per heavy atom. The van der Waals surface area contributed by atoms with E-state index in [0.29, 0.717) is 17.1 Å². The van der Waals surface area contributed by atoms with Gasteiger partial charge < -0.3 is 5.32 Å². The Bertz CT molecular complexity index is 1010. The Kier molecular flexibility index (Phi) is 5.08. The van der Waals surface area contributed by atoms with Crippen molar-refractivity contribution in [3.8, 4) is 5.13 Å². The van der Waals surface area contributed by atoms with Crippen molar-refractivity contribution in [2.45, 2.75) is 40.5 Å². The molecule has 136 valence electrons. The summed E-state index contributed by atoms with van der Waals surface area (Å²) in [5.74, 6) is -0.103. The molecule has 26 heavy (non-hydrogen) atoms. The lowest BCUT2D eigenvalue weighted by Gasteiger charge is -2.08. The highest BCUT2D eigenvalue weighted by atomic mass is 32.1. The van der Waals surface area contributed by atoms with Gasteiger partial charge in [0.15, 0.2) is 0 Å². The van der Waals surface area contributed by atoms with Gasteiger partial charge in [-0.3, -0.25) is 14.7 Å². The molecule has 0 unspecified atom stereocenters. The number of thiazole rings is 1. The number of amides is 1. The Morgan fingerprint density at radius 2 is 2.04 bits per heavy atom. The fraction of sp³-hybridized carbons (Fsp3) is 0.316. The molecule has 6 nitrogen and oxygen atoms in total. The summed E-state index contributed by atoms with van der Waals surface area (Å²) in [5, 5.41) is 8.48. The van der Waals surface area contributed by atoms with Gasteiger partial charge in [0.25, 0.3) is 5.56 Å². The highest BCUT2D eigenvalue weighted by Gasteiger charge is 2.16. The van der Waals surface area contributed by atoms with Gasteiger partial charge in [0, 0.05) is 28.7 Å². The van der Waals surface area contributed by atoms with E-state index in [0.717, 1.165) is 28.2 Å². The molecular formula is C19H22N4O2S. The maximum absolute atomic E-state index is 12.6. The summed E-state index contributed by atoms with van der Waals surface area (Å²) in [5.41, 5.74) is 5.10. The van der Waals surface area contributed by atoms with E-state index in [1.54, 1.807) is 0 Å². The fourth-order valence-electron chi connectivity index (χ4n) is 2.86. The number of aromatic nitrogens is 3. The van der Waals surface area contributed by atoms with Gasteiger partial charge in [-0.05, 0) is 45.7 Å². The van der Waals surface area contributed by atoms with Crippen LogP contribution in [0.1, 0.15) is 34.5 Å². The molecule has 3 rings (SSSR count). The third-order valence-electron chi connectivity index (χ3n) is 4.25.